The van der Waals surface area contributed by atoms with E-state index in [1.54, 1.807) is 12.3 Å². The van der Waals surface area contributed by atoms with Crippen LogP contribution in [0.2, 0.25) is 0 Å². The van der Waals surface area contributed by atoms with Gasteiger partial charge in [0.2, 0.25) is 0 Å². The molecule has 6 nitrogen and oxygen atoms in total. The lowest BCUT2D eigenvalue weighted by Crippen LogP contribution is -2.14. The van der Waals surface area contributed by atoms with Gasteiger partial charge in [0, 0.05) is 11.6 Å². The van der Waals surface area contributed by atoms with Gasteiger partial charge in [-0.05, 0) is 6.08 Å². The Morgan fingerprint density at radius 2 is 1.82 bits per heavy atom. The fourth-order valence-corrected chi connectivity index (χ4v) is 3.31. The van der Waals surface area contributed by atoms with Crippen LogP contribution in [0.15, 0.2) is 11.6 Å². The molecule has 7 heteroatoms. The second kappa shape index (κ2) is 5.31. The zero-order chi connectivity index (χ0) is 14.9. The first kappa shape index (κ1) is 13.1. The van der Waals surface area contributed by atoms with Crippen LogP contribution in [-0.4, -0.2) is 31.4 Å². The van der Waals surface area contributed by atoms with Crippen molar-refractivity contribution in [2.75, 3.05) is 26.4 Å². The van der Waals surface area contributed by atoms with Crippen molar-refractivity contribution in [1.82, 2.24) is 4.98 Å². The van der Waals surface area contributed by atoms with E-state index in [0.29, 0.717) is 60.7 Å². The van der Waals surface area contributed by atoms with Crippen LogP contribution in [0.5, 0.6) is 23.0 Å². The molecule has 0 spiro atoms. The number of thiophene rings is 1. The SMILES string of the molecule is N#C/C(=C\c1[nH]cc2c1OCCO2)c1scc2c1OCCO2. The van der Waals surface area contributed by atoms with E-state index in [1.165, 1.54) is 11.3 Å². The highest BCUT2D eigenvalue weighted by Crippen LogP contribution is 2.44. The van der Waals surface area contributed by atoms with Gasteiger partial charge < -0.3 is 23.9 Å². The molecule has 2 aliphatic rings. The summed E-state index contributed by atoms with van der Waals surface area (Å²) in [6.45, 7) is 2.05. The lowest BCUT2D eigenvalue weighted by Gasteiger charge is -2.16. The van der Waals surface area contributed by atoms with Gasteiger partial charge in [0.15, 0.2) is 23.0 Å². The first-order valence-corrected chi connectivity index (χ1v) is 7.71. The molecule has 0 atom stereocenters. The third kappa shape index (κ3) is 2.09. The van der Waals surface area contributed by atoms with Gasteiger partial charge in [-0.1, -0.05) is 0 Å². The van der Waals surface area contributed by atoms with E-state index in [9.17, 15) is 5.26 Å². The normalized spacial score (nSPS) is 16.2. The van der Waals surface area contributed by atoms with Gasteiger partial charge in [-0.2, -0.15) is 5.26 Å². The molecule has 0 saturated carbocycles. The van der Waals surface area contributed by atoms with E-state index in [-0.39, 0.29) is 0 Å². The number of nitriles is 1. The molecule has 0 saturated heterocycles. The Labute approximate surface area is 130 Å². The monoisotopic (exact) mass is 316 g/mol. The molecule has 4 heterocycles. The molecule has 22 heavy (non-hydrogen) atoms. The molecule has 0 aromatic carbocycles. The summed E-state index contributed by atoms with van der Waals surface area (Å²) >= 11 is 1.43. The van der Waals surface area contributed by atoms with E-state index in [2.05, 4.69) is 11.1 Å². The van der Waals surface area contributed by atoms with Crippen LogP contribution in [-0.2, 0) is 0 Å². The Hall–Kier alpha value is -2.59. The smallest absolute Gasteiger partial charge is 0.186 e. The standard InChI is InChI=1S/C15H12N2O4S/c16-6-9(15-14-12(8-22-15)19-2-4-21-14)5-10-13-11(7-17-10)18-1-3-20-13/h5,7-8,17H,1-4H2/b9-5+. The molecule has 2 aromatic heterocycles. The third-order valence-electron chi connectivity index (χ3n) is 3.37. The van der Waals surface area contributed by atoms with Crippen molar-refractivity contribution in [3.05, 3.63) is 22.1 Å². The topological polar surface area (TPSA) is 76.5 Å². The van der Waals surface area contributed by atoms with E-state index in [0.717, 1.165) is 4.88 Å². The van der Waals surface area contributed by atoms with E-state index in [4.69, 9.17) is 18.9 Å². The number of allylic oxidation sites excluding steroid dienone is 1. The van der Waals surface area contributed by atoms with Crippen molar-refractivity contribution in [3.8, 4) is 29.1 Å². The highest BCUT2D eigenvalue weighted by molar-refractivity contribution is 7.12. The quantitative estimate of drug-likeness (QED) is 0.862. The van der Waals surface area contributed by atoms with Crippen molar-refractivity contribution in [3.63, 3.8) is 0 Å². The summed E-state index contributed by atoms with van der Waals surface area (Å²) in [6.07, 6.45) is 3.48. The number of hydrogen-bond acceptors (Lipinski definition) is 6. The van der Waals surface area contributed by atoms with Crippen LogP contribution in [0.3, 0.4) is 0 Å². The number of H-pyrrole nitrogens is 1. The van der Waals surface area contributed by atoms with Gasteiger partial charge in [-0.15, -0.1) is 11.3 Å². The Kier molecular flexibility index (Phi) is 3.16. The fourth-order valence-electron chi connectivity index (χ4n) is 2.41. The van der Waals surface area contributed by atoms with Gasteiger partial charge in [0.25, 0.3) is 0 Å². The maximum atomic E-state index is 9.51. The van der Waals surface area contributed by atoms with Gasteiger partial charge >= 0.3 is 0 Å². The highest BCUT2D eigenvalue weighted by Gasteiger charge is 2.23. The van der Waals surface area contributed by atoms with E-state index in [1.807, 2.05) is 5.38 Å². The maximum Gasteiger partial charge on any atom is 0.186 e. The number of ether oxygens (including phenoxy) is 4. The Morgan fingerprint density at radius 1 is 1.09 bits per heavy atom. The molecule has 2 aromatic rings. The van der Waals surface area contributed by atoms with Crippen LogP contribution in [0.1, 0.15) is 10.6 Å². The Bertz CT molecular complexity index is 784. The summed E-state index contributed by atoms with van der Waals surface area (Å²) in [5.41, 5.74) is 1.21. The molecule has 0 bridgehead atoms. The largest absolute Gasteiger partial charge is 0.485 e. The highest BCUT2D eigenvalue weighted by atomic mass is 32.1. The number of nitrogens with zero attached hydrogens (tertiary/aromatic N) is 1. The van der Waals surface area contributed by atoms with Crippen LogP contribution in [0, 0.1) is 11.3 Å². The molecule has 2 aliphatic heterocycles. The second-order valence-electron chi connectivity index (χ2n) is 4.72. The third-order valence-corrected chi connectivity index (χ3v) is 4.34. The van der Waals surface area contributed by atoms with Crippen molar-refractivity contribution >= 4 is 23.0 Å². The Morgan fingerprint density at radius 3 is 2.64 bits per heavy atom. The zero-order valence-electron chi connectivity index (χ0n) is 11.5. The summed E-state index contributed by atoms with van der Waals surface area (Å²) in [6, 6.07) is 2.22. The maximum absolute atomic E-state index is 9.51. The molecule has 0 fully saturated rings. The van der Waals surface area contributed by atoms with Crippen LogP contribution in [0.4, 0.5) is 0 Å². The van der Waals surface area contributed by atoms with Crippen molar-refractivity contribution in [2.45, 2.75) is 0 Å². The number of nitrogens with one attached hydrogen (secondary N) is 1. The lowest BCUT2D eigenvalue weighted by atomic mass is 10.1. The Balaban J connectivity index is 1.75. The predicted molar refractivity (Wildman–Crippen MR) is 80.6 cm³/mol. The molecule has 112 valence electrons. The van der Waals surface area contributed by atoms with Crippen LogP contribution >= 0.6 is 11.3 Å². The summed E-state index contributed by atoms with van der Waals surface area (Å²) in [7, 11) is 0. The number of rotatable bonds is 2. The average molecular weight is 316 g/mol. The summed E-state index contributed by atoms with van der Waals surface area (Å²) in [5.74, 6) is 2.64. The molecule has 0 amide bonds. The van der Waals surface area contributed by atoms with E-state index >= 15 is 0 Å². The fraction of sp³-hybridized carbons (Fsp3) is 0.267. The van der Waals surface area contributed by atoms with Gasteiger partial charge in [-0.3, -0.25) is 0 Å². The minimum Gasteiger partial charge on any atom is -0.485 e. The average Bonchev–Trinajstić information content (AvgIpc) is 3.17. The first-order chi connectivity index (χ1) is 10.9. The van der Waals surface area contributed by atoms with Crippen LogP contribution in [0.25, 0.3) is 11.6 Å². The van der Waals surface area contributed by atoms with Crippen molar-refractivity contribution in [2.24, 2.45) is 0 Å². The number of hydrogen-bond donors (Lipinski definition) is 1. The number of aromatic amines is 1. The molecule has 1 N–H and O–H groups in total. The molecular formula is C15H12N2O4S. The van der Waals surface area contributed by atoms with Crippen molar-refractivity contribution in [1.29, 1.82) is 5.26 Å². The van der Waals surface area contributed by atoms with Gasteiger partial charge in [0.05, 0.1) is 16.1 Å². The molecule has 0 aliphatic carbocycles. The molecular weight excluding hydrogens is 304 g/mol. The number of fused-ring (bicyclic) bond motifs is 2. The molecule has 0 radical (unpaired) electrons. The van der Waals surface area contributed by atoms with Gasteiger partial charge in [0.1, 0.15) is 32.5 Å². The first-order valence-electron chi connectivity index (χ1n) is 6.83. The van der Waals surface area contributed by atoms with Crippen LogP contribution < -0.4 is 18.9 Å². The molecule has 4 rings (SSSR count). The second-order valence-corrected chi connectivity index (χ2v) is 5.60. The lowest BCUT2D eigenvalue weighted by molar-refractivity contribution is 0.173. The van der Waals surface area contributed by atoms with Gasteiger partial charge in [-0.25, -0.2) is 0 Å². The number of aromatic nitrogens is 1. The molecule has 0 unspecified atom stereocenters. The van der Waals surface area contributed by atoms with E-state index < -0.39 is 0 Å². The summed E-state index contributed by atoms with van der Waals surface area (Å²) < 4.78 is 22.3. The summed E-state index contributed by atoms with van der Waals surface area (Å²) in [4.78, 5) is 3.84. The zero-order valence-corrected chi connectivity index (χ0v) is 12.4. The predicted octanol–water partition coefficient (Wildman–Crippen LogP) is 2.68. The van der Waals surface area contributed by atoms with Crippen molar-refractivity contribution < 1.29 is 18.9 Å². The minimum atomic E-state index is 0.490. The summed E-state index contributed by atoms with van der Waals surface area (Å²) in [5, 5.41) is 11.4. The minimum absolute atomic E-state index is 0.490.